The number of nitrogens with zero attached hydrogens (tertiary/aromatic N) is 1. The van der Waals surface area contributed by atoms with Crippen LogP contribution < -0.4 is 0 Å². The van der Waals surface area contributed by atoms with Gasteiger partial charge in [-0.25, -0.2) is 0 Å². The highest BCUT2D eigenvalue weighted by Gasteiger charge is 2.39. The quantitative estimate of drug-likeness (QED) is 0.795. The molecule has 4 rings (SSSR count). The first kappa shape index (κ1) is 19.2. The first-order valence-corrected chi connectivity index (χ1v) is 10.7. The van der Waals surface area contributed by atoms with Crippen LogP contribution in [0.1, 0.15) is 54.9 Å². The molecule has 1 N–H and O–H groups in total. The van der Waals surface area contributed by atoms with Crippen molar-refractivity contribution in [1.82, 2.24) is 4.90 Å². The minimum absolute atomic E-state index is 0.107. The van der Waals surface area contributed by atoms with Crippen LogP contribution in [0.25, 0.3) is 0 Å². The van der Waals surface area contributed by atoms with E-state index in [0.29, 0.717) is 12.3 Å². The lowest BCUT2D eigenvalue weighted by atomic mass is 9.71. The van der Waals surface area contributed by atoms with Crippen LogP contribution in [0.3, 0.4) is 0 Å². The zero-order chi connectivity index (χ0) is 19.6. The Balaban J connectivity index is 1.69. The molecule has 28 heavy (non-hydrogen) atoms. The third-order valence-corrected chi connectivity index (χ3v) is 6.70. The molecule has 1 saturated heterocycles. The number of fused-ring (bicyclic) bond motifs is 2. The molecule has 0 saturated carbocycles. The zero-order valence-corrected chi connectivity index (χ0v) is 16.9. The molecule has 2 unspecified atom stereocenters. The van der Waals surface area contributed by atoms with Crippen LogP contribution in [0.15, 0.2) is 48.5 Å². The third-order valence-electron chi connectivity index (χ3n) is 6.70. The standard InChI is InChI=1S/C25H31NO2/c1-2-12-25(18-26-13-11-19(17-26)14-24(27)28)16-22-9-4-3-7-20(22)15-21-8-5-6-10-23(21)25/h3-10,19H,2,11-18H2,1H3,(H,27,28). The largest absolute Gasteiger partial charge is 0.481 e. The van der Waals surface area contributed by atoms with E-state index in [9.17, 15) is 9.90 Å². The summed E-state index contributed by atoms with van der Waals surface area (Å²) in [6.45, 7) is 5.26. The fraction of sp³-hybridized carbons (Fsp3) is 0.480. The maximum atomic E-state index is 11.1. The van der Waals surface area contributed by atoms with E-state index in [1.807, 2.05) is 0 Å². The summed E-state index contributed by atoms with van der Waals surface area (Å²) in [7, 11) is 0. The second kappa shape index (κ2) is 8.08. The summed E-state index contributed by atoms with van der Waals surface area (Å²) >= 11 is 0. The second-order valence-corrected chi connectivity index (χ2v) is 8.80. The Labute approximate surface area is 168 Å². The normalized spacial score (nSPS) is 24.4. The molecule has 2 aromatic carbocycles. The van der Waals surface area contributed by atoms with Gasteiger partial charge in [0, 0.05) is 24.9 Å². The van der Waals surface area contributed by atoms with Gasteiger partial charge in [0.15, 0.2) is 0 Å². The molecule has 1 aliphatic heterocycles. The van der Waals surface area contributed by atoms with Gasteiger partial charge < -0.3 is 10.0 Å². The van der Waals surface area contributed by atoms with Gasteiger partial charge >= 0.3 is 5.97 Å². The third kappa shape index (κ3) is 3.86. The summed E-state index contributed by atoms with van der Waals surface area (Å²) in [5.74, 6) is -0.367. The Bertz CT molecular complexity index is 846. The van der Waals surface area contributed by atoms with Gasteiger partial charge in [0.1, 0.15) is 0 Å². The summed E-state index contributed by atoms with van der Waals surface area (Å²) in [6, 6.07) is 17.9. The monoisotopic (exact) mass is 377 g/mol. The van der Waals surface area contributed by atoms with Crippen LogP contribution in [-0.2, 0) is 23.1 Å². The molecule has 0 amide bonds. The summed E-state index contributed by atoms with van der Waals surface area (Å²) in [5, 5.41) is 9.17. The number of likely N-dealkylation sites (tertiary alicyclic amines) is 1. The van der Waals surface area contributed by atoms with Crippen molar-refractivity contribution in [1.29, 1.82) is 0 Å². The van der Waals surface area contributed by atoms with E-state index in [4.69, 9.17) is 0 Å². The lowest BCUT2D eigenvalue weighted by Crippen LogP contribution is -2.42. The van der Waals surface area contributed by atoms with E-state index >= 15 is 0 Å². The molecule has 148 valence electrons. The zero-order valence-electron chi connectivity index (χ0n) is 16.9. The molecule has 3 nitrogen and oxygen atoms in total. The number of hydrogen-bond donors (Lipinski definition) is 1. The smallest absolute Gasteiger partial charge is 0.303 e. The number of aliphatic carboxylic acids is 1. The maximum absolute atomic E-state index is 11.1. The topological polar surface area (TPSA) is 40.5 Å². The fourth-order valence-corrected chi connectivity index (χ4v) is 5.58. The summed E-state index contributed by atoms with van der Waals surface area (Å²) < 4.78 is 0. The van der Waals surface area contributed by atoms with Crippen molar-refractivity contribution in [2.75, 3.05) is 19.6 Å². The molecule has 1 aliphatic carbocycles. The van der Waals surface area contributed by atoms with Gasteiger partial charge in [-0.05, 0) is 60.4 Å². The van der Waals surface area contributed by atoms with Crippen LogP contribution in [0.5, 0.6) is 0 Å². The summed E-state index contributed by atoms with van der Waals surface area (Å²) in [5.41, 5.74) is 6.01. The molecule has 0 radical (unpaired) electrons. The van der Waals surface area contributed by atoms with Crippen LogP contribution in [-0.4, -0.2) is 35.6 Å². The minimum Gasteiger partial charge on any atom is -0.481 e. The predicted molar refractivity (Wildman–Crippen MR) is 113 cm³/mol. The van der Waals surface area contributed by atoms with E-state index in [1.54, 1.807) is 0 Å². The number of carboxylic acid groups (broad SMARTS) is 1. The van der Waals surface area contributed by atoms with Crippen LogP contribution >= 0.6 is 0 Å². The van der Waals surface area contributed by atoms with E-state index < -0.39 is 5.97 Å². The van der Waals surface area contributed by atoms with Gasteiger partial charge in [0.25, 0.3) is 0 Å². The van der Waals surface area contributed by atoms with E-state index in [0.717, 1.165) is 45.3 Å². The average Bonchev–Trinajstić information content (AvgIpc) is 3.03. The minimum atomic E-state index is -0.663. The highest BCUT2D eigenvalue weighted by Crippen LogP contribution is 2.41. The summed E-state index contributed by atoms with van der Waals surface area (Å²) in [6.07, 6.45) is 5.72. The van der Waals surface area contributed by atoms with Crippen molar-refractivity contribution in [2.45, 2.75) is 50.9 Å². The molecule has 0 spiro atoms. The second-order valence-electron chi connectivity index (χ2n) is 8.80. The average molecular weight is 378 g/mol. The Morgan fingerprint density at radius 1 is 1.11 bits per heavy atom. The first-order chi connectivity index (χ1) is 13.6. The van der Waals surface area contributed by atoms with Gasteiger partial charge in [-0.2, -0.15) is 0 Å². The Kier molecular flexibility index (Phi) is 5.54. The van der Waals surface area contributed by atoms with E-state index in [2.05, 4.69) is 60.4 Å². The molecule has 2 atom stereocenters. The van der Waals surface area contributed by atoms with Gasteiger partial charge in [0.05, 0.1) is 0 Å². The van der Waals surface area contributed by atoms with Crippen molar-refractivity contribution >= 4 is 5.97 Å². The predicted octanol–water partition coefficient (Wildman–Crippen LogP) is 4.67. The SMILES string of the molecule is CCCC1(CN2CCC(CC(=O)O)C2)Cc2ccccc2Cc2ccccc21. The summed E-state index contributed by atoms with van der Waals surface area (Å²) in [4.78, 5) is 13.7. The van der Waals surface area contributed by atoms with Crippen LogP contribution in [0.4, 0.5) is 0 Å². The fourth-order valence-electron chi connectivity index (χ4n) is 5.58. The van der Waals surface area contributed by atoms with Crippen LogP contribution in [0.2, 0.25) is 0 Å². The van der Waals surface area contributed by atoms with Gasteiger partial charge in [-0.1, -0.05) is 61.9 Å². The Morgan fingerprint density at radius 3 is 2.57 bits per heavy atom. The molecule has 1 heterocycles. The van der Waals surface area contributed by atoms with Gasteiger partial charge in [0.2, 0.25) is 0 Å². The number of hydrogen-bond acceptors (Lipinski definition) is 2. The van der Waals surface area contributed by atoms with E-state index in [-0.39, 0.29) is 5.41 Å². The molecule has 2 aromatic rings. The van der Waals surface area contributed by atoms with Crippen molar-refractivity contribution < 1.29 is 9.90 Å². The molecule has 0 aromatic heterocycles. The van der Waals surface area contributed by atoms with Crippen molar-refractivity contribution in [3.63, 3.8) is 0 Å². The number of benzene rings is 2. The lowest BCUT2D eigenvalue weighted by Gasteiger charge is -2.38. The molecule has 2 aliphatic rings. The van der Waals surface area contributed by atoms with Crippen molar-refractivity contribution in [3.05, 3.63) is 70.8 Å². The Hall–Kier alpha value is -2.13. The molecular weight excluding hydrogens is 346 g/mol. The number of rotatable bonds is 6. The first-order valence-electron chi connectivity index (χ1n) is 10.7. The maximum Gasteiger partial charge on any atom is 0.303 e. The van der Waals surface area contributed by atoms with Crippen molar-refractivity contribution in [2.24, 2.45) is 5.92 Å². The number of carboxylic acids is 1. The van der Waals surface area contributed by atoms with Gasteiger partial charge in [-0.15, -0.1) is 0 Å². The molecule has 1 fully saturated rings. The van der Waals surface area contributed by atoms with E-state index in [1.165, 1.54) is 28.7 Å². The van der Waals surface area contributed by atoms with Crippen molar-refractivity contribution in [3.8, 4) is 0 Å². The number of carbonyl (C=O) groups is 1. The molecular formula is C25H31NO2. The van der Waals surface area contributed by atoms with Gasteiger partial charge in [-0.3, -0.25) is 4.79 Å². The molecule has 3 heteroatoms. The Morgan fingerprint density at radius 2 is 1.82 bits per heavy atom. The van der Waals surface area contributed by atoms with Crippen LogP contribution in [0, 0.1) is 5.92 Å². The lowest BCUT2D eigenvalue weighted by molar-refractivity contribution is -0.138. The highest BCUT2D eigenvalue weighted by molar-refractivity contribution is 5.67. The highest BCUT2D eigenvalue weighted by atomic mass is 16.4. The molecule has 0 bridgehead atoms.